The van der Waals surface area contributed by atoms with Gasteiger partial charge >= 0.3 is 0 Å². The third-order valence-electron chi connectivity index (χ3n) is 0. The summed E-state index contributed by atoms with van der Waals surface area (Å²) in [4.78, 5) is 18.4. The van der Waals surface area contributed by atoms with E-state index in [1.807, 2.05) is 0 Å². The number of alkyl halides is 2. The monoisotopic (exact) mass is 234 g/mol. The van der Waals surface area contributed by atoms with Crippen LogP contribution in [0.2, 0.25) is 0 Å². The van der Waals surface area contributed by atoms with Crippen LogP contribution in [0.4, 0.5) is 0 Å². The number of Topliss-reactive ketones (excluding diaryl/α,β-unsaturated/α-hetero) is 1. The van der Waals surface area contributed by atoms with Gasteiger partial charge in [0.05, 0.1) is 5.34 Å². The largest absolute Gasteiger partial charge is 0.481 e. The lowest BCUT2D eigenvalue weighted by Crippen LogP contribution is -1.78. The summed E-state index contributed by atoms with van der Waals surface area (Å²) in [5, 5.41) is 14.6. The molecule has 0 aliphatic heterocycles. The van der Waals surface area contributed by atoms with E-state index in [9.17, 15) is 4.79 Å². The van der Waals surface area contributed by atoms with E-state index in [0.29, 0.717) is 0 Å². The van der Waals surface area contributed by atoms with Gasteiger partial charge in [0.25, 0.3) is 5.97 Å². The van der Waals surface area contributed by atoms with Crippen LogP contribution >= 0.6 is 23.2 Å². The van der Waals surface area contributed by atoms with Gasteiger partial charge in [-0.15, -0.1) is 23.2 Å². The highest BCUT2D eigenvalue weighted by Gasteiger charge is 1.65. The lowest BCUT2D eigenvalue weighted by molar-refractivity contribution is -0.134. The number of aliphatic hydroxyl groups excluding tert-OH is 1. The minimum Gasteiger partial charge on any atom is -0.481 e. The zero-order valence-electron chi connectivity index (χ0n) is 8.17. The number of ketones is 1. The summed E-state index contributed by atoms with van der Waals surface area (Å²) >= 11 is 9.53. The van der Waals surface area contributed by atoms with Crippen LogP contribution in [0.1, 0.15) is 20.8 Å². The van der Waals surface area contributed by atoms with Crippen molar-refractivity contribution in [2.24, 2.45) is 0 Å². The molecule has 6 heteroatoms. The Morgan fingerprint density at radius 2 is 1.08 bits per heavy atom. The first-order valence-electron chi connectivity index (χ1n) is 3.11. The van der Waals surface area contributed by atoms with E-state index in [1.54, 1.807) is 0 Å². The molecule has 13 heavy (non-hydrogen) atoms. The van der Waals surface area contributed by atoms with Crippen LogP contribution in [-0.2, 0) is 9.59 Å². The number of halogens is 2. The number of carboxylic acids is 1. The molecular formula is C7H16Cl2O4. The van der Waals surface area contributed by atoms with Gasteiger partial charge in [-0.3, -0.25) is 4.79 Å². The molecule has 2 N–H and O–H groups in total. The fraction of sp³-hybridized carbons (Fsp3) is 0.714. The topological polar surface area (TPSA) is 74.6 Å². The molecule has 0 radical (unpaired) electrons. The van der Waals surface area contributed by atoms with Crippen molar-refractivity contribution in [3.8, 4) is 0 Å². The number of carbonyl (C=O) groups is 2. The molecule has 0 bridgehead atoms. The Morgan fingerprint density at radius 1 is 1.08 bits per heavy atom. The number of aliphatic hydroxyl groups is 1. The number of hydrogen-bond acceptors (Lipinski definition) is 3. The van der Waals surface area contributed by atoms with Gasteiger partial charge in [-0.25, -0.2) is 0 Å². The fourth-order valence-electron chi connectivity index (χ4n) is 0. The molecule has 0 atom stereocenters. The second kappa shape index (κ2) is 29.9. The van der Waals surface area contributed by atoms with Crippen molar-refractivity contribution in [3.63, 3.8) is 0 Å². The molecule has 0 rings (SSSR count). The molecular weight excluding hydrogens is 219 g/mol. The van der Waals surface area contributed by atoms with Crippen LogP contribution in [-0.4, -0.2) is 34.4 Å². The average molecular weight is 235 g/mol. The Bertz CT molecular complexity index is 86.7. The smallest absolute Gasteiger partial charge is 0.300 e. The van der Waals surface area contributed by atoms with E-state index >= 15 is 0 Å². The second-order valence-electron chi connectivity index (χ2n) is 1.53. The van der Waals surface area contributed by atoms with Gasteiger partial charge in [0.2, 0.25) is 0 Å². The Kier molecular flexibility index (Phi) is 52.7. The summed E-state index contributed by atoms with van der Waals surface area (Å²) < 4.78 is 0. The van der Waals surface area contributed by atoms with Gasteiger partial charge < -0.3 is 15.0 Å². The predicted octanol–water partition coefficient (Wildman–Crippen LogP) is 1.72. The molecule has 0 unspecified atom stereocenters. The van der Waals surface area contributed by atoms with Crippen LogP contribution in [0.25, 0.3) is 0 Å². The molecule has 0 spiro atoms. The molecule has 0 heterocycles. The first-order chi connectivity index (χ1) is 5.88. The van der Waals surface area contributed by atoms with Crippen LogP contribution in [0.3, 0.4) is 0 Å². The van der Waals surface area contributed by atoms with E-state index in [1.165, 1.54) is 13.8 Å². The summed E-state index contributed by atoms with van der Waals surface area (Å²) in [5.41, 5.74) is 0. The zero-order chi connectivity index (χ0) is 11.9. The molecule has 0 amide bonds. The van der Waals surface area contributed by atoms with Crippen molar-refractivity contribution in [2.75, 3.05) is 12.4 Å². The lowest BCUT2D eigenvalue weighted by Gasteiger charge is -1.59. The Labute approximate surface area is 88.5 Å². The number of carboxylic acid groups (broad SMARTS) is 1. The van der Waals surface area contributed by atoms with Crippen molar-refractivity contribution in [1.29, 1.82) is 0 Å². The maximum Gasteiger partial charge on any atom is 0.300 e. The molecule has 0 fully saturated rings. The average Bonchev–Trinajstić information content (AvgIpc) is 1.89. The third kappa shape index (κ3) is 10700. The second-order valence-corrected chi connectivity index (χ2v) is 2.34. The molecule has 0 aliphatic rings. The molecule has 0 saturated heterocycles. The lowest BCUT2D eigenvalue weighted by atomic mass is 10.6. The molecule has 0 aliphatic carbocycles. The highest BCUT2D eigenvalue weighted by molar-refractivity contribution is 6.40. The van der Waals surface area contributed by atoms with Crippen LogP contribution in [0.5, 0.6) is 0 Å². The Morgan fingerprint density at radius 3 is 1.08 bits per heavy atom. The SMILES string of the molecule is CC(=O)O.CC(C)=O.CO.ClCCl. The van der Waals surface area contributed by atoms with Crippen molar-refractivity contribution in [1.82, 2.24) is 0 Å². The minimum atomic E-state index is -0.833. The van der Waals surface area contributed by atoms with Crippen molar-refractivity contribution >= 4 is 35.0 Å². The Balaban J connectivity index is -0.0000000431. The number of rotatable bonds is 0. The fourth-order valence-corrected chi connectivity index (χ4v) is 0. The zero-order valence-corrected chi connectivity index (χ0v) is 9.69. The summed E-state index contributed by atoms with van der Waals surface area (Å²) in [6, 6.07) is 0. The molecule has 0 aromatic heterocycles. The van der Waals surface area contributed by atoms with Crippen molar-refractivity contribution in [2.45, 2.75) is 20.8 Å². The van der Waals surface area contributed by atoms with Crippen LogP contribution in [0.15, 0.2) is 0 Å². The van der Waals surface area contributed by atoms with E-state index < -0.39 is 5.97 Å². The molecule has 0 aromatic rings. The maximum absolute atomic E-state index is 9.44. The summed E-state index contributed by atoms with van der Waals surface area (Å²) in [6.07, 6.45) is 0. The number of aliphatic carboxylic acids is 1. The normalized spacial score (nSPS) is 5.77. The quantitative estimate of drug-likeness (QED) is 0.627. The summed E-state index contributed by atoms with van der Waals surface area (Å²) in [6.45, 7) is 4.14. The molecule has 0 aromatic carbocycles. The summed E-state index contributed by atoms with van der Waals surface area (Å²) in [7, 11) is 1.00. The first kappa shape index (κ1) is 23.0. The van der Waals surface area contributed by atoms with Gasteiger partial charge in [0.1, 0.15) is 5.78 Å². The van der Waals surface area contributed by atoms with Gasteiger partial charge in [-0.1, -0.05) is 0 Å². The molecule has 82 valence electrons. The number of carbonyl (C=O) groups excluding carboxylic acids is 1. The van der Waals surface area contributed by atoms with E-state index in [0.717, 1.165) is 14.0 Å². The molecule has 0 saturated carbocycles. The highest BCUT2D eigenvalue weighted by atomic mass is 35.5. The van der Waals surface area contributed by atoms with Gasteiger partial charge in [0, 0.05) is 14.0 Å². The van der Waals surface area contributed by atoms with Crippen molar-refractivity contribution < 1.29 is 19.8 Å². The number of hydrogen-bond donors (Lipinski definition) is 2. The maximum atomic E-state index is 9.44. The molecule has 4 nitrogen and oxygen atoms in total. The first-order valence-corrected chi connectivity index (χ1v) is 4.18. The Hall–Kier alpha value is -0.320. The van der Waals surface area contributed by atoms with Crippen LogP contribution < -0.4 is 0 Å². The van der Waals surface area contributed by atoms with E-state index in [2.05, 4.69) is 0 Å². The van der Waals surface area contributed by atoms with Gasteiger partial charge in [-0.2, -0.15) is 0 Å². The van der Waals surface area contributed by atoms with Gasteiger partial charge in [0.15, 0.2) is 0 Å². The van der Waals surface area contributed by atoms with Crippen LogP contribution in [0, 0.1) is 0 Å². The van der Waals surface area contributed by atoms with Gasteiger partial charge in [-0.05, 0) is 13.8 Å². The summed E-state index contributed by atoms with van der Waals surface area (Å²) in [5.74, 6) is -0.667. The minimum absolute atomic E-state index is 0.167. The third-order valence-corrected chi connectivity index (χ3v) is 0. The highest BCUT2D eigenvalue weighted by Crippen LogP contribution is 1.73. The van der Waals surface area contributed by atoms with Crippen molar-refractivity contribution in [3.05, 3.63) is 0 Å². The predicted molar refractivity (Wildman–Crippen MR) is 54.4 cm³/mol. The van der Waals surface area contributed by atoms with E-state index in [-0.39, 0.29) is 11.1 Å². The standard InChI is InChI=1S/C3H6O.C2H4O2.CH2Cl2.CH4O/c1-3(2)4;1-2(3)4;2-1-3;1-2/h1-2H3;1H3,(H,3,4);1H2;2H,1H3. The van der Waals surface area contributed by atoms with E-state index in [4.69, 9.17) is 38.2 Å².